The van der Waals surface area contributed by atoms with Gasteiger partial charge in [-0.25, -0.2) is 4.79 Å². The molecule has 1 N–H and O–H groups in total. The number of carbonyl (C=O) groups excluding carboxylic acids is 1. The summed E-state index contributed by atoms with van der Waals surface area (Å²) in [5, 5.41) is 7.06. The number of rotatable bonds is 2. The topological polar surface area (TPSA) is 55.0 Å². The molecule has 80 valence electrons. The molecule has 4 heteroatoms. The number of H-pyrrole nitrogens is 1. The summed E-state index contributed by atoms with van der Waals surface area (Å²) >= 11 is 0. The van der Waals surface area contributed by atoms with E-state index >= 15 is 0 Å². The smallest absolute Gasteiger partial charge is 0.356 e. The third-order valence-electron chi connectivity index (χ3n) is 3.70. The van der Waals surface area contributed by atoms with Crippen molar-refractivity contribution in [1.29, 1.82) is 0 Å². The highest BCUT2D eigenvalue weighted by Gasteiger charge is 2.55. The lowest BCUT2D eigenvalue weighted by Gasteiger charge is -2.01. The molecule has 0 radical (unpaired) electrons. The second kappa shape index (κ2) is 2.84. The average molecular weight is 206 g/mol. The minimum Gasteiger partial charge on any atom is -0.461 e. The molecule has 1 aromatic rings. The highest BCUT2D eigenvalue weighted by molar-refractivity contribution is 5.89. The summed E-state index contributed by atoms with van der Waals surface area (Å²) in [7, 11) is 0. The van der Waals surface area contributed by atoms with Crippen molar-refractivity contribution in [2.45, 2.75) is 26.2 Å². The first-order chi connectivity index (χ1) is 7.24. The Bertz CT molecular complexity index is 424. The highest BCUT2D eigenvalue weighted by Crippen LogP contribution is 2.60. The molecule has 0 aromatic carbocycles. The fourth-order valence-corrected chi connectivity index (χ4v) is 2.78. The molecule has 3 atom stereocenters. The Morgan fingerprint density at radius 1 is 1.67 bits per heavy atom. The van der Waals surface area contributed by atoms with Crippen molar-refractivity contribution in [1.82, 2.24) is 10.2 Å². The van der Waals surface area contributed by atoms with Crippen LogP contribution in [0.2, 0.25) is 0 Å². The number of nitrogens with one attached hydrogen (secondary N) is 1. The first kappa shape index (κ1) is 8.95. The number of esters is 1. The van der Waals surface area contributed by atoms with E-state index in [9.17, 15) is 4.79 Å². The maximum absolute atomic E-state index is 11.6. The molecule has 0 bridgehead atoms. The van der Waals surface area contributed by atoms with Crippen molar-refractivity contribution in [3.63, 3.8) is 0 Å². The van der Waals surface area contributed by atoms with E-state index in [0.717, 1.165) is 29.5 Å². The van der Waals surface area contributed by atoms with Gasteiger partial charge in [0.25, 0.3) is 0 Å². The Balaban J connectivity index is 1.91. The number of fused-ring (bicyclic) bond motifs is 3. The first-order valence-electron chi connectivity index (χ1n) is 5.48. The quantitative estimate of drug-likeness (QED) is 0.746. The molecule has 4 nitrogen and oxygen atoms in total. The van der Waals surface area contributed by atoms with Gasteiger partial charge in [0.2, 0.25) is 0 Å². The normalized spacial score (nSPS) is 30.9. The predicted molar refractivity (Wildman–Crippen MR) is 53.6 cm³/mol. The van der Waals surface area contributed by atoms with Crippen LogP contribution in [0.25, 0.3) is 0 Å². The number of ether oxygens (including phenoxy) is 1. The number of nitrogens with zero attached hydrogens (tertiary/aromatic N) is 1. The molecule has 0 spiro atoms. The summed E-state index contributed by atoms with van der Waals surface area (Å²) < 4.78 is 4.98. The van der Waals surface area contributed by atoms with Gasteiger partial charge >= 0.3 is 5.97 Å². The molecule has 2 aliphatic carbocycles. The van der Waals surface area contributed by atoms with E-state index in [0.29, 0.717) is 18.2 Å². The highest BCUT2D eigenvalue weighted by atomic mass is 16.5. The van der Waals surface area contributed by atoms with Crippen LogP contribution in [-0.2, 0) is 11.2 Å². The van der Waals surface area contributed by atoms with Gasteiger partial charge in [0.1, 0.15) is 5.69 Å². The number of aromatic nitrogens is 2. The lowest BCUT2D eigenvalue weighted by Crippen LogP contribution is -2.08. The molecular formula is C11H14N2O2. The van der Waals surface area contributed by atoms with E-state index < -0.39 is 0 Å². The van der Waals surface area contributed by atoms with E-state index in [1.165, 1.54) is 0 Å². The third-order valence-corrected chi connectivity index (χ3v) is 3.70. The van der Waals surface area contributed by atoms with Crippen molar-refractivity contribution in [2.75, 3.05) is 6.61 Å². The van der Waals surface area contributed by atoms with Gasteiger partial charge in [-0.1, -0.05) is 6.92 Å². The van der Waals surface area contributed by atoms with E-state index in [1.54, 1.807) is 0 Å². The van der Waals surface area contributed by atoms with Crippen LogP contribution >= 0.6 is 0 Å². The fraction of sp³-hybridized carbons (Fsp3) is 0.636. The van der Waals surface area contributed by atoms with Gasteiger partial charge in [0, 0.05) is 11.5 Å². The van der Waals surface area contributed by atoms with Crippen LogP contribution in [-0.4, -0.2) is 22.8 Å². The Labute approximate surface area is 88.0 Å². The summed E-state index contributed by atoms with van der Waals surface area (Å²) in [5.74, 6) is 1.81. The monoisotopic (exact) mass is 206 g/mol. The van der Waals surface area contributed by atoms with Crippen molar-refractivity contribution in [3.05, 3.63) is 17.0 Å². The summed E-state index contributed by atoms with van der Waals surface area (Å²) in [6.07, 6.45) is 0.992. The van der Waals surface area contributed by atoms with Crippen LogP contribution in [0.3, 0.4) is 0 Å². The molecule has 1 aromatic heterocycles. The van der Waals surface area contributed by atoms with Gasteiger partial charge in [-0.15, -0.1) is 0 Å². The summed E-state index contributed by atoms with van der Waals surface area (Å²) in [5.41, 5.74) is 2.78. The molecule has 15 heavy (non-hydrogen) atoms. The lowest BCUT2D eigenvalue weighted by molar-refractivity contribution is 0.0518. The van der Waals surface area contributed by atoms with Crippen molar-refractivity contribution in [3.8, 4) is 0 Å². The van der Waals surface area contributed by atoms with Crippen LogP contribution in [0.1, 0.15) is 41.5 Å². The third kappa shape index (κ3) is 1.07. The molecule has 0 aliphatic heterocycles. The molecule has 2 aliphatic rings. The number of hydrogen-bond donors (Lipinski definition) is 1. The minimum absolute atomic E-state index is 0.264. The molecule has 0 amide bonds. The number of aromatic amines is 1. The molecular weight excluding hydrogens is 192 g/mol. The van der Waals surface area contributed by atoms with Crippen LogP contribution < -0.4 is 0 Å². The van der Waals surface area contributed by atoms with E-state index in [4.69, 9.17) is 4.74 Å². The van der Waals surface area contributed by atoms with Gasteiger partial charge in [0.05, 0.1) is 12.3 Å². The van der Waals surface area contributed by atoms with Crippen LogP contribution in [0.4, 0.5) is 0 Å². The van der Waals surface area contributed by atoms with Gasteiger partial charge < -0.3 is 4.74 Å². The maximum Gasteiger partial charge on any atom is 0.356 e. The number of hydrogen-bond acceptors (Lipinski definition) is 3. The van der Waals surface area contributed by atoms with E-state index in [-0.39, 0.29) is 5.97 Å². The largest absolute Gasteiger partial charge is 0.461 e. The molecule has 1 unspecified atom stereocenters. The summed E-state index contributed by atoms with van der Waals surface area (Å²) in [6, 6.07) is 0. The van der Waals surface area contributed by atoms with Gasteiger partial charge in [-0.2, -0.15) is 5.10 Å². The molecule has 0 saturated heterocycles. The zero-order chi connectivity index (χ0) is 10.6. The Morgan fingerprint density at radius 3 is 3.20 bits per heavy atom. The lowest BCUT2D eigenvalue weighted by atomic mass is 10.1. The van der Waals surface area contributed by atoms with E-state index in [1.807, 2.05) is 6.92 Å². The summed E-state index contributed by atoms with van der Waals surface area (Å²) in [6.45, 7) is 4.47. The second-order valence-electron chi connectivity index (χ2n) is 4.44. The fourth-order valence-electron chi connectivity index (χ4n) is 2.78. The predicted octanol–water partition coefficient (Wildman–Crippen LogP) is 1.49. The molecule has 1 fully saturated rings. The first-order valence-corrected chi connectivity index (χ1v) is 5.48. The van der Waals surface area contributed by atoms with Crippen LogP contribution in [0.5, 0.6) is 0 Å². The zero-order valence-electron chi connectivity index (χ0n) is 8.91. The van der Waals surface area contributed by atoms with Crippen molar-refractivity contribution < 1.29 is 9.53 Å². The van der Waals surface area contributed by atoms with Crippen LogP contribution in [0, 0.1) is 11.8 Å². The standard InChI is InChI=1S/C11H14N2O2/c1-3-15-11(14)10-7-4-6-5(2)8(6)9(7)12-13-10/h5-6,8H,3-4H2,1-2H3,(H,12,13)/t5?,6-,8+/m0/s1. The van der Waals surface area contributed by atoms with Gasteiger partial charge in [-0.05, 0) is 25.2 Å². The van der Waals surface area contributed by atoms with Crippen LogP contribution in [0.15, 0.2) is 0 Å². The summed E-state index contributed by atoms with van der Waals surface area (Å²) in [4.78, 5) is 11.6. The minimum atomic E-state index is -0.264. The maximum atomic E-state index is 11.6. The van der Waals surface area contributed by atoms with Gasteiger partial charge in [-0.3, -0.25) is 5.10 Å². The molecule has 1 heterocycles. The zero-order valence-corrected chi connectivity index (χ0v) is 8.91. The van der Waals surface area contributed by atoms with Crippen molar-refractivity contribution in [2.24, 2.45) is 11.8 Å². The Morgan fingerprint density at radius 2 is 2.47 bits per heavy atom. The SMILES string of the molecule is CCOC(=O)c1[nH]nc2c1C[C@H]1C(C)[C@@H]21. The Kier molecular flexibility index (Phi) is 1.69. The Hall–Kier alpha value is -1.32. The van der Waals surface area contributed by atoms with Gasteiger partial charge in [0.15, 0.2) is 0 Å². The number of carbonyl (C=O) groups is 1. The molecule has 3 rings (SSSR count). The second-order valence-corrected chi connectivity index (χ2v) is 4.44. The van der Waals surface area contributed by atoms with E-state index in [2.05, 4.69) is 17.1 Å². The average Bonchev–Trinajstić information content (AvgIpc) is 2.63. The molecule has 1 saturated carbocycles. The van der Waals surface area contributed by atoms with Crippen molar-refractivity contribution >= 4 is 5.97 Å².